The standard InChI is InChI=1S/C19H28N2O3.C2H2O4/c1-4-24-19(23)16-5-8-21(9-6-16)10-7-18(22)20-17-12-14(2)11-15(3)13-17;3-1(4)2(5)6/h11-13,16H,4-10H2,1-3H3,(H,20,22);(H,3,4)(H,5,6). The van der Waals surface area contributed by atoms with E-state index >= 15 is 0 Å². The number of carboxylic acid groups (broad SMARTS) is 2. The maximum Gasteiger partial charge on any atom is 0.414 e. The van der Waals surface area contributed by atoms with Gasteiger partial charge in [-0.25, -0.2) is 9.59 Å². The van der Waals surface area contributed by atoms with Gasteiger partial charge >= 0.3 is 17.9 Å². The second-order valence-corrected chi connectivity index (χ2v) is 7.15. The molecule has 1 aliphatic rings. The van der Waals surface area contributed by atoms with Crippen LogP contribution in [0.15, 0.2) is 18.2 Å². The van der Waals surface area contributed by atoms with E-state index in [0.717, 1.165) is 49.3 Å². The van der Waals surface area contributed by atoms with Gasteiger partial charge in [0, 0.05) is 18.7 Å². The third-order valence-electron chi connectivity index (χ3n) is 4.55. The molecule has 0 spiro atoms. The molecule has 1 aliphatic heterocycles. The van der Waals surface area contributed by atoms with Crippen molar-refractivity contribution in [1.82, 2.24) is 4.90 Å². The number of carbonyl (C=O) groups excluding carboxylic acids is 2. The summed E-state index contributed by atoms with van der Waals surface area (Å²) in [7, 11) is 0. The number of aliphatic carboxylic acids is 2. The number of amides is 1. The normalized spacial score (nSPS) is 14.2. The fourth-order valence-corrected chi connectivity index (χ4v) is 3.18. The van der Waals surface area contributed by atoms with Crippen LogP contribution in [0.2, 0.25) is 0 Å². The number of anilines is 1. The van der Waals surface area contributed by atoms with E-state index in [-0.39, 0.29) is 17.8 Å². The van der Waals surface area contributed by atoms with Crippen molar-refractivity contribution >= 4 is 29.5 Å². The Morgan fingerprint density at radius 2 is 1.57 bits per heavy atom. The number of hydrogen-bond acceptors (Lipinski definition) is 6. The number of ether oxygens (including phenoxy) is 1. The minimum Gasteiger partial charge on any atom is -0.473 e. The fourth-order valence-electron chi connectivity index (χ4n) is 3.18. The number of aryl methyl sites for hydroxylation is 2. The smallest absolute Gasteiger partial charge is 0.414 e. The van der Waals surface area contributed by atoms with Crippen LogP contribution < -0.4 is 5.32 Å². The van der Waals surface area contributed by atoms with Gasteiger partial charge in [0.15, 0.2) is 0 Å². The average Bonchev–Trinajstić information content (AvgIpc) is 2.66. The van der Waals surface area contributed by atoms with Crippen LogP contribution in [0.4, 0.5) is 5.69 Å². The third-order valence-corrected chi connectivity index (χ3v) is 4.55. The summed E-state index contributed by atoms with van der Waals surface area (Å²) in [4.78, 5) is 44.3. The minimum absolute atomic E-state index is 0.0188. The van der Waals surface area contributed by atoms with Crippen molar-refractivity contribution in [2.75, 3.05) is 31.6 Å². The summed E-state index contributed by atoms with van der Waals surface area (Å²) in [6.45, 7) is 8.75. The minimum atomic E-state index is -1.82. The van der Waals surface area contributed by atoms with Crippen LogP contribution in [0.1, 0.15) is 37.3 Å². The van der Waals surface area contributed by atoms with Gasteiger partial charge in [-0.1, -0.05) is 6.07 Å². The van der Waals surface area contributed by atoms with Crippen LogP contribution in [-0.4, -0.2) is 65.2 Å². The number of esters is 1. The first-order chi connectivity index (χ1) is 14.1. The molecule has 9 heteroatoms. The molecule has 1 aromatic carbocycles. The number of nitrogens with one attached hydrogen (secondary N) is 1. The Morgan fingerprint density at radius 1 is 1.03 bits per heavy atom. The highest BCUT2D eigenvalue weighted by molar-refractivity contribution is 6.27. The second-order valence-electron chi connectivity index (χ2n) is 7.15. The molecule has 30 heavy (non-hydrogen) atoms. The first kappa shape index (κ1) is 25.1. The zero-order valence-electron chi connectivity index (χ0n) is 17.6. The number of carbonyl (C=O) groups is 4. The Hall–Kier alpha value is -2.94. The molecule has 1 heterocycles. The Balaban J connectivity index is 0.000000656. The Kier molecular flexibility index (Phi) is 10.5. The molecule has 1 aromatic rings. The molecule has 1 fully saturated rings. The van der Waals surface area contributed by atoms with Crippen molar-refractivity contribution in [1.29, 1.82) is 0 Å². The summed E-state index contributed by atoms with van der Waals surface area (Å²) in [6, 6.07) is 6.05. The first-order valence-electron chi connectivity index (χ1n) is 9.85. The molecule has 0 aliphatic carbocycles. The van der Waals surface area contributed by atoms with Gasteiger partial charge < -0.3 is 25.2 Å². The molecule has 1 saturated heterocycles. The number of hydrogen-bond donors (Lipinski definition) is 3. The predicted octanol–water partition coefficient (Wildman–Crippen LogP) is 2.06. The SMILES string of the molecule is CCOC(=O)C1CCN(CCC(=O)Nc2cc(C)cc(C)c2)CC1.O=C(O)C(=O)O. The van der Waals surface area contributed by atoms with Crippen LogP contribution in [0.3, 0.4) is 0 Å². The molecule has 0 radical (unpaired) electrons. The van der Waals surface area contributed by atoms with Gasteiger partial charge in [-0.15, -0.1) is 0 Å². The Labute approximate surface area is 176 Å². The maximum absolute atomic E-state index is 12.1. The maximum atomic E-state index is 12.1. The lowest BCUT2D eigenvalue weighted by molar-refractivity contribution is -0.159. The quantitative estimate of drug-likeness (QED) is 0.469. The summed E-state index contributed by atoms with van der Waals surface area (Å²) in [6.07, 6.45) is 2.10. The predicted molar refractivity (Wildman–Crippen MR) is 110 cm³/mol. The van der Waals surface area contributed by atoms with Crippen molar-refractivity contribution in [3.63, 3.8) is 0 Å². The summed E-state index contributed by atoms with van der Waals surface area (Å²) < 4.78 is 5.08. The highest BCUT2D eigenvalue weighted by Gasteiger charge is 2.25. The lowest BCUT2D eigenvalue weighted by atomic mass is 9.97. The van der Waals surface area contributed by atoms with Crippen molar-refractivity contribution in [3.05, 3.63) is 29.3 Å². The van der Waals surface area contributed by atoms with Crippen LogP contribution in [0, 0.1) is 19.8 Å². The average molecular weight is 422 g/mol. The molecule has 2 rings (SSSR count). The number of likely N-dealkylation sites (tertiary alicyclic amines) is 1. The van der Waals surface area contributed by atoms with Gasteiger partial charge in [-0.05, 0) is 70.0 Å². The molecule has 166 valence electrons. The second kappa shape index (κ2) is 12.6. The van der Waals surface area contributed by atoms with E-state index in [4.69, 9.17) is 24.5 Å². The highest BCUT2D eigenvalue weighted by atomic mass is 16.5. The Morgan fingerprint density at radius 3 is 2.03 bits per heavy atom. The van der Waals surface area contributed by atoms with Crippen molar-refractivity contribution < 1.29 is 34.1 Å². The van der Waals surface area contributed by atoms with Crippen LogP contribution in [-0.2, 0) is 23.9 Å². The summed E-state index contributed by atoms with van der Waals surface area (Å²) >= 11 is 0. The molecule has 9 nitrogen and oxygen atoms in total. The van der Waals surface area contributed by atoms with Gasteiger partial charge in [0.25, 0.3) is 0 Å². The topological polar surface area (TPSA) is 133 Å². The molecule has 3 N–H and O–H groups in total. The molecular formula is C21H30N2O7. The molecule has 0 aromatic heterocycles. The van der Waals surface area contributed by atoms with E-state index in [1.54, 1.807) is 0 Å². The number of piperidine rings is 1. The molecule has 0 bridgehead atoms. The zero-order chi connectivity index (χ0) is 22.7. The number of nitrogens with zero attached hydrogens (tertiary/aromatic N) is 1. The fraction of sp³-hybridized carbons (Fsp3) is 0.524. The summed E-state index contributed by atoms with van der Waals surface area (Å²) in [5.41, 5.74) is 3.15. The van der Waals surface area contributed by atoms with E-state index in [1.807, 2.05) is 32.9 Å². The Bertz CT molecular complexity index is 723. The number of rotatable bonds is 6. The lowest BCUT2D eigenvalue weighted by Crippen LogP contribution is -2.38. The number of carboxylic acids is 2. The number of benzene rings is 1. The molecule has 1 amide bonds. The third kappa shape index (κ3) is 9.51. The van der Waals surface area contributed by atoms with E-state index in [9.17, 15) is 9.59 Å². The van der Waals surface area contributed by atoms with E-state index < -0.39 is 11.9 Å². The van der Waals surface area contributed by atoms with Gasteiger partial charge in [0.2, 0.25) is 5.91 Å². The van der Waals surface area contributed by atoms with E-state index in [0.29, 0.717) is 13.0 Å². The van der Waals surface area contributed by atoms with E-state index in [1.165, 1.54) is 0 Å². The van der Waals surface area contributed by atoms with Crippen LogP contribution in [0.5, 0.6) is 0 Å². The summed E-state index contributed by atoms with van der Waals surface area (Å²) in [5, 5.41) is 17.7. The molecule has 0 saturated carbocycles. The van der Waals surface area contributed by atoms with Gasteiger partial charge in [-0.3, -0.25) is 9.59 Å². The highest BCUT2D eigenvalue weighted by Crippen LogP contribution is 2.19. The molecule has 0 atom stereocenters. The first-order valence-corrected chi connectivity index (χ1v) is 9.85. The van der Waals surface area contributed by atoms with Crippen molar-refractivity contribution in [2.24, 2.45) is 5.92 Å². The zero-order valence-corrected chi connectivity index (χ0v) is 17.6. The van der Waals surface area contributed by atoms with Gasteiger partial charge in [-0.2, -0.15) is 0 Å². The van der Waals surface area contributed by atoms with Crippen LogP contribution >= 0.6 is 0 Å². The molecular weight excluding hydrogens is 392 g/mol. The van der Waals surface area contributed by atoms with E-state index in [2.05, 4.69) is 16.3 Å². The monoisotopic (exact) mass is 422 g/mol. The van der Waals surface area contributed by atoms with Crippen molar-refractivity contribution in [2.45, 2.75) is 40.0 Å². The largest absolute Gasteiger partial charge is 0.473 e. The van der Waals surface area contributed by atoms with Gasteiger partial charge in [0.05, 0.1) is 12.5 Å². The van der Waals surface area contributed by atoms with Gasteiger partial charge in [0.1, 0.15) is 0 Å². The lowest BCUT2D eigenvalue weighted by Gasteiger charge is -2.30. The van der Waals surface area contributed by atoms with Crippen molar-refractivity contribution in [3.8, 4) is 0 Å². The van der Waals surface area contributed by atoms with Crippen LogP contribution in [0.25, 0.3) is 0 Å². The summed E-state index contributed by atoms with van der Waals surface area (Å²) in [5.74, 6) is -3.67. The molecule has 0 unspecified atom stereocenters.